The number of ketones is 2. The highest BCUT2D eigenvalue weighted by Gasteiger charge is 2.45. The standard InChI is InChI=1S/C19H18F3NO6/c1-28-14(24)8-29-7-12-11(4-5-13(23-12)19(20,21)22)18(27)15-16(25)9-2-3-10(6-9)17(15)26/h4-5,9-10,27H,2-3,6-8H2,1H3. The second-order valence-corrected chi connectivity index (χ2v) is 6.92. The third-order valence-corrected chi connectivity index (χ3v) is 5.11. The van der Waals surface area contributed by atoms with E-state index in [1.54, 1.807) is 0 Å². The Morgan fingerprint density at radius 3 is 2.38 bits per heavy atom. The Hall–Kier alpha value is -2.75. The van der Waals surface area contributed by atoms with Gasteiger partial charge in [0, 0.05) is 17.4 Å². The monoisotopic (exact) mass is 413 g/mol. The summed E-state index contributed by atoms with van der Waals surface area (Å²) < 4.78 is 48.5. The van der Waals surface area contributed by atoms with Crippen molar-refractivity contribution in [2.24, 2.45) is 11.8 Å². The normalized spacial score (nSPS) is 21.4. The first-order chi connectivity index (χ1) is 13.6. The van der Waals surface area contributed by atoms with Gasteiger partial charge in [0.25, 0.3) is 0 Å². The van der Waals surface area contributed by atoms with Crippen LogP contribution in [0, 0.1) is 11.8 Å². The number of allylic oxidation sites excluding steroid dienone is 1. The zero-order chi connectivity index (χ0) is 21.3. The largest absolute Gasteiger partial charge is 0.506 e. The number of carbonyl (C=O) groups excluding carboxylic acids is 3. The van der Waals surface area contributed by atoms with Gasteiger partial charge < -0.3 is 14.6 Å². The molecule has 1 N–H and O–H groups in total. The summed E-state index contributed by atoms with van der Waals surface area (Å²) in [6, 6.07) is 1.58. The molecular weight excluding hydrogens is 395 g/mol. The molecule has 1 aromatic rings. The van der Waals surface area contributed by atoms with Crippen molar-refractivity contribution in [3.63, 3.8) is 0 Å². The highest BCUT2D eigenvalue weighted by molar-refractivity contribution is 6.27. The van der Waals surface area contributed by atoms with E-state index in [1.165, 1.54) is 0 Å². The van der Waals surface area contributed by atoms with E-state index in [9.17, 15) is 32.7 Å². The Labute approximate surface area is 163 Å². The third kappa shape index (κ3) is 4.16. The van der Waals surface area contributed by atoms with Gasteiger partial charge in [0.1, 0.15) is 23.6 Å². The molecule has 0 amide bonds. The molecule has 2 aliphatic rings. The quantitative estimate of drug-likeness (QED) is 0.343. The number of pyridine rings is 1. The fourth-order valence-corrected chi connectivity index (χ4v) is 3.63. The maximum absolute atomic E-state index is 13.0. The Bertz CT molecular complexity index is 868. The fraction of sp³-hybridized carbons (Fsp3) is 0.474. The number of nitrogens with zero attached hydrogens (tertiary/aromatic N) is 1. The molecular formula is C19H18F3NO6. The summed E-state index contributed by atoms with van der Waals surface area (Å²) in [4.78, 5) is 39.7. The zero-order valence-corrected chi connectivity index (χ0v) is 15.4. The van der Waals surface area contributed by atoms with Crippen LogP contribution in [0.15, 0.2) is 17.7 Å². The number of Topliss-reactive ketones (excluding diaryl/α,β-unsaturated/α-hetero) is 2. The molecule has 0 saturated heterocycles. The van der Waals surface area contributed by atoms with Gasteiger partial charge in [-0.2, -0.15) is 13.2 Å². The summed E-state index contributed by atoms with van der Waals surface area (Å²) in [5, 5.41) is 10.6. The average molecular weight is 413 g/mol. The number of aromatic nitrogens is 1. The summed E-state index contributed by atoms with van der Waals surface area (Å²) in [7, 11) is 1.12. The van der Waals surface area contributed by atoms with Gasteiger partial charge in [0.2, 0.25) is 0 Å². The van der Waals surface area contributed by atoms with E-state index in [0.29, 0.717) is 25.3 Å². The van der Waals surface area contributed by atoms with Crippen LogP contribution in [0.25, 0.3) is 5.76 Å². The van der Waals surface area contributed by atoms with Crippen LogP contribution in [0.4, 0.5) is 13.2 Å². The van der Waals surface area contributed by atoms with E-state index in [2.05, 4.69) is 9.72 Å². The maximum atomic E-state index is 13.0. The number of rotatable bonds is 5. The van der Waals surface area contributed by atoms with E-state index >= 15 is 0 Å². The number of aliphatic hydroxyl groups excluding tert-OH is 1. The van der Waals surface area contributed by atoms with Crippen LogP contribution in [0.3, 0.4) is 0 Å². The third-order valence-electron chi connectivity index (χ3n) is 5.11. The molecule has 0 aromatic carbocycles. The smallest absolute Gasteiger partial charge is 0.433 e. The zero-order valence-electron chi connectivity index (χ0n) is 15.4. The van der Waals surface area contributed by atoms with Gasteiger partial charge >= 0.3 is 12.1 Å². The SMILES string of the molecule is COC(=O)COCc1nc(C(F)(F)F)ccc1C(O)=C1C(=O)C2CCC(C2)C1=O. The van der Waals surface area contributed by atoms with E-state index in [-0.39, 0.29) is 23.1 Å². The molecule has 0 spiro atoms. The van der Waals surface area contributed by atoms with Crippen molar-refractivity contribution in [3.8, 4) is 0 Å². The maximum Gasteiger partial charge on any atom is 0.433 e. The molecule has 3 rings (SSSR count). The number of carbonyl (C=O) groups is 3. The highest BCUT2D eigenvalue weighted by atomic mass is 19.4. The molecule has 2 saturated carbocycles. The summed E-state index contributed by atoms with van der Waals surface area (Å²) in [6.07, 6.45) is -3.26. The predicted molar refractivity (Wildman–Crippen MR) is 91.3 cm³/mol. The van der Waals surface area contributed by atoms with Crippen LogP contribution in [-0.2, 0) is 36.6 Å². The molecule has 2 fully saturated rings. The van der Waals surface area contributed by atoms with Crippen LogP contribution in [0.5, 0.6) is 0 Å². The molecule has 2 bridgehead atoms. The fourth-order valence-electron chi connectivity index (χ4n) is 3.63. The number of fused-ring (bicyclic) bond motifs is 2. The number of methoxy groups -OCH3 is 1. The van der Waals surface area contributed by atoms with Gasteiger partial charge in [-0.3, -0.25) is 9.59 Å². The van der Waals surface area contributed by atoms with Crippen LogP contribution in [0.2, 0.25) is 0 Å². The molecule has 2 aliphatic carbocycles. The lowest BCUT2D eigenvalue weighted by molar-refractivity contribution is -0.147. The molecule has 7 nitrogen and oxygen atoms in total. The van der Waals surface area contributed by atoms with Crippen molar-refractivity contribution in [1.29, 1.82) is 0 Å². The molecule has 0 aliphatic heterocycles. The molecule has 1 heterocycles. The van der Waals surface area contributed by atoms with Crippen molar-refractivity contribution in [3.05, 3.63) is 34.7 Å². The molecule has 2 unspecified atom stereocenters. The number of hydrogen-bond acceptors (Lipinski definition) is 7. The first-order valence-electron chi connectivity index (χ1n) is 8.87. The lowest BCUT2D eigenvalue weighted by Crippen LogP contribution is -2.30. The molecule has 0 radical (unpaired) electrons. The summed E-state index contributed by atoms with van der Waals surface area (Å²) in [5.41, 5.74) is -2.22. The Morgan fingerprint density at radius 1 is 1.21 bits per heavy atom. The number of ether oxygens (including phenoxy) is 2. The Kier molecular flexibility index (Phi) is 5.74. The minimum absolute atomic E-state index is 0.221. The van der Waals surface area contributed by atoms with Crippen molar-refractivity contribution in [1.82, 2.24) is 4.98 Å². The second-order valence-electron chi connectivity index (χ2n) is 6.92. The van der Waals surface area contributed by atoms with Gasteiger partial charge in [-0.25, -0.2) is 9.78 Å². The summed E-state index contributed by atoms with van der Waals surface area (Å²) >= 11 is 0. The first-order valence-corrected chi connectivity index (χ1v) is 8.87. The predicted octanol–water partition coefficient (Wildman–Crippen LogP) is 2.63. The van der Waals surface area contributed by atoms with E-state index < -0.39 is 54.0 Å². The van der Waals surface area contributed by atoms with Crippen LogP contribution in [-0.4, -0.2) is 41.3 Å². The number of halogens is 3. The molecule has 29 heavy (non-hydrogen) atoms. The minimum atomic E-state index is -4.76. The van der Waals surface area contributed by atoms with Gasteiger partial charge in [-0.1, -0.05) is 0 Å². The average Bonchev–Trinajstić information content (AvgIpc) is 3.12. The number of hydrogen-bond donors (Lipinski definition) is 1. The lowest BCUT2D eigenvalue weighted by Gasteiger charge is -2.21. The van der Waals surface area contributed by atoms with Gasteiger partial charge in [0.15, 0.2) is 11.6 Å². The molecule has 10 heteroatoms. The molecule has 2 atom stereocenters. The number of alkyl halides is 3. The Balaban J connectivity index is 2.01. The van der Waals surface area contributed by atoms with Crippen LogP contribution >= 0.6 is 0 Å². The van der Waals surface area contributed by atoms with E-state index in [0.717, 1.165) is 13.2 Å². The highest BCUT2D eigenvalue weighted by Crippen LogP contribution is 2.42. The van der Waals surface area contributed by atoms with Gasteiger partial charge in [-0.05, 0) is 31.4 Å². The Morgan fingerprint density at radius 2 is 1.83 bits per heavy atom. The summed E-state index contributed by atoms with van der Waals surface area (Å²) in [6.45, 7) is -1.12. The number of esters is 1. The van der Waals surface area contributed by atoms with Crippen LogP contribution < -0.4 is 0 Å². The van der Waals surface area contributed by atoms with Crippen molar-refractivity contribution in [2.45, 2.75) is 32.0 Å². The summed E-state index contributed by atoms with van der Waals surface area (Å²) in [5.74, 6) is -3.25. The molecule has 156 valence electrons. The van der Waals surface area contributed by atoms with Crippen molar-refractivity contribution >= 4 is 23.3 Å². The van der Waals surface area contributed by atoms with Crippen molar-refractivity contribution < 1.29 is 42.1 Å². The minimum Gasteiger partial charge on any atom is -0.506 e. The van der Waals surface area contributed by atoms with Crippen molar-refractivity contribution in [2.75, 3.05) is 13.7 Å². The van der Waals surface area contributed by atoms with Gasteiger partial charge in [0.05, 0.1) is 19.4 Å². The van der Waals surface area contributed by atoms with E-state index in [1.807, 2.05) is 0 Å². The topological polar surface area (TPSA) is 103 Å². The van der Waals surface area contributed by atoms with Crippen LogP contribution in [0.1, 0.15) is 36.2 Å². The van der Waals surface area contributed by atoms with Gasteiger partial charge in [-0.15, -0.1) is 0 Å². The van der Waals surface area contributed by atoms with E-state index in [4.69, 9.17) is 4.74 Å². The molecule has 1 aromatic heterocycles. The number of aliphatic hydroxyl groups is 1. The first kappa shape index (κ1) is 21.0. The second kappa shape index (κ2) is 7.94. The lowest BCUT2D eigenvalue weighted by atomic mass is 9.81.